The maximum absolute atomic E-state index is 12.8. The van der Waals surface area contributed by atoms with Gasteiger partial charge in [-0.1, -0.05) is 11.6 Å². The fourth-order valence-corrected chi connectivity index (χ4v) is 3.46. The highest BCUT2D eigenvalue weighted by atomic mass is 35.5. The molecular formula is C23H23ClN2O4. The Hall–Kier alpha value is -3.12. The predicted octanol–water partition coefficient (Wildman–Crippen LogP) is 5.13. The van der Waals surface area contributed by atoms with Gasteiger partial charge in [-0.15, -0.1) is 0 Å². The predicted molar refractivity (Wildman–Crippen MR) is 117 cm³/mol. The molecule has 0 spiro atoms. The van der Waals surface area contributed by atoms with Crippen molar-refractivity contribution in [1.82, 2.24) is 0 Å². The van der Waals surface area contributed by atoms with Crippen LogP contribution in [0.4, 0.5) is 11.4 Å². The van der Waals surface area contributed by atoms with Crippen molar-refractivity contribution in [3.8, 4) is 0 Å². The molecule has 2 N–H and O–H groups in total. The molecule has 2 aromatic rings. The van der Waals surface area contributed by atoms with Gasteiger partial charge in [0.05, 0.1) is 23.4 Å². The van der Waals surface area contributed by atoms with Gasteiger partial charge in [-0.05, 0) is 68.7 Å². The molecule has 156 valence electrons. The van der Waals surface area contributed by atoms with E-state index >= 15 is 0 Å². The Labute approximate surface area is 180 Å². The van der Waals surface area contributed by atoms with Gasteiger partial charge < -0.3 is 15.4 Å². The van der Waals surface area contributed by atoms with Gasteiger partial charge in [0, 0.05) is 28.9 Å². The van der Waals surface area contributed by atoms with Crippen LogP contribution in [0.15, 0.2) is 47.7 Å². The van der Waals surface area contributed by atoms with Crippen molar-refractivity contribution in [3.63, 3.8) is 0 Å². The fourth-order valence-electron chi connectivity index (χ4n) is 3.29. The maximum Gasteiger partial charge on any atom is 0.337 e. The summed E-state index contributed by atoms with van der Waals surface area (Å²) in [5.41, 5.74) is 4.27. The zero-order valence-electron chi connectivity index (χ0n) is 17.1. The molecule has 7 heteroatoms. The maximum atomic E-state index is 12.8. The average molecular weight is 427 g/mol. The van der Waals surface area contributed by atoms with Gasteiger partial charge in [0.2, 0.25) is 0 Å². The summed E-state index contributed by atoms with van der Waals surface area (Å²) < 4.78 is 4.71. The number of halogens is 1. The highest BCUT2D eigenvalue weighted by molar-refractivity contribution is 6.33. The number of anilines is 2. The van der Waals surface area contributed by atoms with Crippen molar-refractivity contribution in [2.45, 2.75) is 33.1 Å². The Kier molecular flexibility index (Phi) is 6.57. The number of benzene rings is 2. The number of carbonyl (C=O) groups is 3. The topological polar surface area (TPSA) is 84.5 Å². The molecule has 3 rings (SSSR count). The smallest absolute Gasteiger partial charge is 0.337 e. The number of amides is 1. The van der Waals surface area contributed by atoms with E-state index < -0.39 is 5.97 Å². The Morgan fingerprint density at radius 3 is 2.43 bits per heavy atom. The lowest BCUT2D eigenvalue weighted by atomic mass is 9.96. The standard InChI is InChI=1S/C23H23ClN2O4/c1-13-11-16(23(29)30-3)8-10-18(13)26-22(28)15-7-9-17(24)20(12-15)25-19-5-4-6-21(27)14(19)2/h7-12,25H,4-6H2,1-3H3,(H,26,28). The molecule has 0 fully saturated rings. The van der Waals surface area contributed by atoms with E-state index in [4.69, 9.17) is 16.3 Å². The minimum Gasteiger partial charge on any atom is -0.465 e. The van der Waals surface area contributed by atoms with Crippen LogP contribution in [0.25, 0.3) is 0 Å². The summed E-state index contributed by atoms with van der Waals surface area (Å²) in [6, 6.07) is 9.86. The van der Waals surface area contributed by atoms with Gasteiger partial charge >= 0.3 is 5.97 Å². The van der Waals surface area contributed by atoms with E-state index in [1.54, 1.807) is 50.2 Å². The Morgan fingerprint density at radius 1 is 1.00 bits per heavy atom. The van der Waals surface area contributed by atoms with Gasteiger partial charge in [-0.2, -0.15) is 0 Å². The van der Waals surface area contributed by atoms with Gasteiger partial charge in [0.1, 0.15) is 0 Å². The number of aryl methyl sites for hydroxylation is 1. The molecule has 0 aliphatic heterocycles. The van der Waals surface area contributed by atoms with Crippen LogP contribution in [0.2, 0.25) is 5.02 Å². The largest absolute Gasteiger partial charge is 0.465 e. The van der Waals surface area contributed by atoms with Gasteiger partial charge in [-0.25, -0.2) is 4.79 Å². The average Bonchev–Trinajstić information content (AvgIpc) is 2.73. The quantitative estimate of drug-likeness (QED) is 0.647. The van der Waals surface area contributed by atoms with Crippen molar-refractivity contribution in [2.75, 3.05) is 17.7 Å². The second-order valence-electron chi connectivity index (χ2n) is 7.18. The van der Waals surface area contributed by atoms with Crippen LogP contribution < -0.4 is 10.6 Å². The number of ketones is 1. The van der Waals surface area contributed by atoms with E-state index in [9.17, 15) is 14.4 Å². The first-order valence-corrected chi connectivity index (χ1v) is 9.97. The molecule has 2 aromatic carbocycles. The number of allylic oxidation sites excluding steroid dienone is 2. The zero-order valence-corrected chi connectivity index (χ0v) is 17.9. The van der Waals surface area contributed by atoms with Crippen molar-refractivity contribution < 1.29 is 19.1 Å². The van der Waals surface area contributed by atoms with Gasteiger partial charge in [-0.3, -0.25) is 9.59 Å². The molecule has 0 aromatic heterocycles. The number of Topliss-reactive ketones (excluding diaryl/α,β-unsaturated/α-hetero) is 1. The molecule has 1 aliphatic rings. The first kappa shape index (κ1) is 21.6. The monoisotopic (exact) mass is 426 g/mol. The van der Waals surface area contributed by atoms with Crippen LogP contribution >= 0.6 is 11.6 Å². The minimum atomic E-state index is -0.435. The number of nitrogens with one attached hydrogen (secondary N) is 2. The zero-order chi connectivity index (χ0) is 21.8. The van der Waals surface area contributed by atoms with Crippen LogP contribution in [-0.4, -0.2) is 24.8 Å². The lowest BCUT2D eigenvalue weighted by Gasteiger charge is -2.19. The minimum absolute atomic E-state index is 0.125. The molecule has 1 amide bonds. The lowest BCUT2D eigenvalue weighted by molar-refractivity contribution is -0.116. The highest BCUT2D eigenvalue weighted by Crippen LogP contribution is 2.29. The van der Waals surface area contributed by atoms with Crippen LogP contribution in [0.1, 0.15) is 52.5 Å². The number of ether oxygens (including phenoxy) is 1. The SMILES string of the molecule is COC(=O)c1ccc(NC(=O)c2ccc(Cl)c(NC3=C(C)C(=O)CCC3)c2)c(C)c1. The third-order valence-electron chi connectivity index (χ3n) is 5.11. The first-order chi connectivity index (χ1) is 14.3. The fraction of sp³-hybridized carbons (Fsp3) is 0.261. The van der Waals surface area contributed by atoms with E-state index in [1.165, 1.54) is 7.11 Å². The van der Waals surface area contributed by atoms with Crippen LogP contribution in [0, 0.1) is 6.92 Å². The number of hydrogen-bond acceptors (Lipinski definition) is 5. The third kappa shape index (κ3) is 4.71. The molecule has 6 nitrogen and oxygen atoms in total. The van der Waals surface area contributed by atoms with E-state index in [1.807, 2.05) is 0 Å². The Morgan fingerprint density at radius 2 is 1.73 bits per heavy atom. The number of rotatable bonds is 5. The molecule has 0 saturated carbocycles. The second-order valence-corrected chi connectivity index (χ2v) is 7.58. The van der Waals surface area contributed by atoms with Crippen LogP contribution in [-0.2, 0) is 9.53 Å². The molecule has 0 unspecified atom stereocenters. The Bertz CT molecular complexity index is 1060. The highest BCUT2D eigenvalue weighted by Gasteiger charge is 2.18. The Balaban J connectivity index is 1.80. The van der Waals surface area contributed by atoms with Crippen LogP contribution in [0.3, 0.4) is 0 Å². The molecule has 0 atom stereocenters. The van der Waals surface area contributed by atoms with E-state index in [0.717, 1.165) is 24.1 Å². The molecule has 1 aliphatic carbocycles. The van der Waals surface area contributed by atoms with Crippen LogP contribution in [0.5, 0.6) is 0 Å². The summed E-state index contributed by atoms with van der Waals surface area (Å²) in [6.07, 6.45) is 2.11. The molecule has 0 radical (unpaired) electrons. The first-order valence-electron chi connectivity index (χ1n) is 9.60. The van der Waals surface area contributed by atoms with Crippen molar-refractivity contribution in [2.24, 2.45) is 0 Å². The van der Waals surface area contributed by atoms with E-state index in [0.29, 0.717) is 39.5 Å². The molecule has 0 saturated heterocycles. The second kappa shape index (κ2) is 9.13. The van der Waals surface area contributed by atoms with Crippen molar-refractivity contribution >= 4 is 40.6 Å². The molecule has 30 heavy (non-hydrogen) atoms. The molecular weight excluding hydrogens is 404 g/mol. The summed E-state index contributed by atoms with van der Waals surface area (Å²) >= 11 is 6.30. The van der Waals surface area contributed by atoms with Crippen molar-refractivity contribution in [3.05, 3.63) is 69.4 Å². The molecule has 0 heterocycles. The third-order valence-corrected chi connectivity index (χ3v) is 5.44. The van der Waals surface area contributed by atoms with E-state index in [-0.39, 0.29) is 11.7 Å². The summed E-state index contributed by atoms with van der Waals surface area (Å²) in [7, 11) is 1.32. The molecule has 0 bridgehead atoms. The van der Waals surface area contributed by atoms with Gasteiger partial charge in [0.15, 0.2) is 5.78 Å². The van der Waals surface area contributed by atoms with Crippen molar-refractivity contribution in [1.29, 1.82) is 0 Å². The number of hydrogen-bond donors (Lipinski definition) is 2. The number of methoxy groups -OCH3 is 1. The summed E-state index contributed by atoms with van der Waals surface area (Å²) in [5.74, 6) is -0.621. The lowest BCUT2D eigenvalue weighted by Crippen LogP contribution is -2.16. The normalized spacial score (nSPS) is 13.8. The summed E-state index contributed by atoms with van der Waals surface area (Å²) in [5, 5.41) is 6.53. The number of carbonyl (C=O) groups excluding carboxylic acids is 3. The van der Waals surface area contributed by atoms with E-state index in [2.05, 4.69) is 10.6 Å². The summed E-state index contributed by atoms with van der Waals surface area (Å²) in [4.78, 5) is 36.4. The number of esters is 1. The van der Waals surface area contributed by atoms with Gasteiger partial charge in [0.25, 0.3) is 5.91 Å². The summed E-state index contributed by atoms with van der Waals surface area (Å²) in [6.45, 7) is 3.60.